The van der Waals surface area contributed by atoms with Gasteiger partial charge in [0.05, 0.1) is 17.1 Å². The van der Waals surface area contributed by atoms with Crippen LogP contribution in [0.25, 0.3) is 10.3 Å². The van der Waals surface area contributed by atoms with Crippen molar-refractivity contribution in [1.82, 2.24) is 19.9 Å². The van der Waals surface area contributed by atoms with E-state index in [0.29, 0.717) is 48.0 Å². The molecule has 2 atom stereocenters. The molecule has 1 saturated heterocycles. The maximum absolute atomic E-state index is 13.8. The average Bonchev–Trinajstić information content (AvgIpc) is 3.34. The predicted octanol–water partition coefficient (Wildman–Crippen LogP) is 4.79. The summed E-state index contributed by atoms with van der Waals surface area (Å²) in [7, 11) is 0. The van der Waals surface area contributed by atoms with Gasteiger partial charge in [-0.25, -0.2) is 19.6 Å². The molecule has 0 saturated carbocycles. The van der Waals surface area contributed by atoms with Gasteiger partial charge in [-0.2, -0.15) is 15.2 Å². The van der Waals surface area contributed by atoms with Crippen LogP contribution in [0.1, 0.15) is 42.4 Å². The molecule has 38 heavy (non-hydrogen) atoms. The van der Waals surface area contributed by atoms with Gasteiger partial charge in [-0.1, -0.05) is 35.6 Å². The summed E-state index contributed by atoms with van der Waals surface area (Å²) in [5.74, 6) is 6.09. The van der Waals surface area contributed by atoms with E-state index in [0.717, 1.165) is 16.1 Å². The second-order valence-corrected chi connectivity index (χ2v) is 10.5. The number of hydrazine groups is 1. The monoisotopic (exact) mass is 534 g/mol. The molecule has 3 N–H and O–H groups in total. The Labute approximate surface area is 223 Å². The van der Waals surface area contributed by atoms with Gasteiger partial charge in [0.2, 0.25) is 5.95 Å². The van der Waals surface area contributed by atoms with E-state index in [4.69, 9.17) is 16.1 Å². The van der Waals surface area contributed by atoms with Gasteiger partial charge in [0.25, 0.3) is 0 Å². The number of piperazine rings is 1. The molecule has 0 bridgehead atoms. The maximum Gasteiger partial charge on any atom is 0.240 e. The molecule has 2 aromatic heterocycles. The Morgan fingerprint density at radius 2 is 1.63 bits per heavy atom. The highest BCUT2D eigenvalue weighted by Gasteiger charge is 2.36. The van der Waals surface area contributed by atoms with Crippen molar-refractivity contribution in [3.05, 3.63) is 76.3 Å². The van der Waals surface area contributed by atoms with Crippen LogP contribution in [0.3, 0.4) is 0 Å². The lowest BCUT2D eigenvalue weighted by molar-refractivity contribution is 0.129. The van der Waals surface area contributed by atoms with Crippen LogP contribution in [0, 0.1) is 23.0 Å². The van der Waals surface area contributed by atoms with E-state index in [1.165, 1.54) is 35.6 Å². The van der Waals surface area contributed by atoms with Gasteiger partial charge in [0, 0.05) is 38.0 Å². The highest BCUT2D eigenvalue weighted by Crippen LogP contribution is 2.37. The number of nitrogens with zero attached hydrogens (tertiary/aromatic N) is 6. The number of halogens is 2. The minimum absolute atomic E-state index is 0.0302. The summed E-state index contributed by atoms with van der Waals surface area (Å²) in [6.45, 7) is 5.57. The van der Waals surface area contributed by atoms with Gasteiger partial charge in [0.15, 0.2) is 10.6 Å². The van der Waals surface area contributed by atoms with Crippen molar-refractivity contribution in [3.8, 4) is 6.07 Å². The van der Waals surface area contributed by atoms with E-state index in [1.54, 1.807) is 24.3 Å². The van der Waals surface area contributed by atoms with Crippen LogP contribution in [0.5, 0.6) is 0 Å². The first-order chi connectivity index (χ1) is 18.4. The summed E-state index contributed by atoms with van der Waals surface area (Å²) in [6.07, 6.45) is 0.934. The van der Waals surface area contributed by atoms with E-state index < -0.39 is 0 Å². The number of anilines is 2. The third kappa shape index (κ3) is 5.15. The summed E-state index contributed by atoms with van der Waals surface area (Å²) in [5, 5.41) is 9.82. The molecule has 3 heterocycles. The summed E-state index contributed by atoms with van der Waals surface area (Å²) in [6, 6.07) is 15.1. The molecule has 1 aliphatic rings. The summed E-state index contributed by atoms with van der Waals surface area (Å²) in [4.78, 5) is 19.2. The second-order valence-electron chi connectivity index (χ2n) is 9.49. The molecule has 8 nitrogen and oxygen atoms in total. The fraction of sp³-hybridized carbons (Fsp3) is 0.333. The lowest BCUT2D eigenvalue weighted by Gasteiger charge is -2.48. The number of aromatic nitrogens is 3. The number of nitrogens with one attached hydrogen (secondary N) is 1. The normalized spacial score (nSPS) is 18.2. The Balaban J connectivity index is 1.50. The molecular formula is C27H28F2N8S. The smallest absolute Gasteiger partial charge is 0.240 e. The predicted molar refractivity (Wildman–Crippen MR) is 145 cm³/mol. The molecule has 1 aliphatic heterocycles. The third-order valence-corrected chi connectivity index (χ3v) is 7.88. The van der Waals surface area contributed by atoms with Crippen molar-refractivity contribution in [1.29, 1.82) is 5.26 Å². The topological polar surface area (TPSA) is 107 Å². The van der Waals surface area contributed by atoms with Gasteiger partial charge < -0.3 is 4.90 Å². The van der Waals surface area contributed by atoms with Crippen molar-refractivity contribution < 1.29 is 8.78 Å². The zero-order chi connectivity index (χ0) is 26.8. The average molecular weight is 535 g/mol. The second kappa shape index (κ2) is 10.9. The standard InChI is InChI=1S/C27H28F2N8S/c1-16-15-37(25-23-26(34-27(33-25)35-31)38-22(32-23)4-3-13-30)17(2)14-36(16)24(18-5-9-20(28)10-6-18)19-7-11-21(29)12-8-19/h5-12,16-17,24H,3-4,14-15,31H2,1-2H3,(H,33,34,35)/t16-,17+/m1/s1. The molecule has 0 aliphatic carbocycles. The van der Waals surface area contributed by atoms with Crippen LogP contribution >= 0.6 is 11.3 Å². The Morgan fingerprint density at radius 3 is 2.21 bits per heavy atom. The number of hydrogen-bond acceptors (Lipinski definition) is 9. The van der Waals surface area contributed by atoms with Crippen molar-refractivity contribution in [2.75, 3.05) is 23.4 Å². The quantitative estimate of drug-likeness (QED) is 0.257. The fourth-order valence-electron chi connectivity index (χ4n) is 5.06. The van der Waals surface area contributed by atoms with Gasteiger partial charge in [-0.05, 0) is 49.2 Å². The zero-order valence-corrected chi connectivity index (χ0v) is 21.9. The molecule has 0 radical (unpaired) electrons. The van der Waals surface area contributed by atoms with Gasteiger partial charge in [-0.3, -0.25) is 10.3 Å². The van der Waals surface area contributed by atoms with E-state index in [1.807, 2.05) is 0 Å². The van der Waals surface area contributed by atoms with Crippen molar-refractivity contribution in [2.24, 2.45) is 5.84 Å². The lowest BCUT2D eigenvalue weighted by Crippen LogP contribution is -2.57. The highest BCUT2D eigenvalue weighted by atomic mass is 32.1. The molecular weight excluding hydrogens is 506 g/mol. The number of nitrogen functional groups attached to an aromatic ring is 1. The van der Waals surface area contributed by atoms with E-state index >= 15 is 0 Å². The zero-order valence-electron chi connectivity index (χ0n) is 21.1. The van der Waals surface area contributed by atoms with Crippen LogP contribution in [-0.2, 0) is 6.42 Å². The molecule has 5 rings (SSSR count). The minimum atomic E-state index is -0.299. The van der Waals surface area contributed by atoms with E-state index in [9.17, 15) is 8.78 Å². The highest BCUT2D eigenvalue weighted by molar-refractivity contribution is 7.18. The molecule has 2 aromatic carbocycles. The maximum atomic E-state index is 13.8. The number of thiazole rings is 1. The van der Waals surface area contributed by atoms with Crippen molar-refractivity contribution >= 4 is 33.5 Å². The number of hydrogen-bond donors (Lipinski definition) is 2. The molecule has 0 spiro atoms. The number of nitrogens with two attached hydrogens (primary N) is 1. The number of nitriles is 1. The largest absolute Gasteiger partial charge is 0.349 e. The van der Waals surface area contributed by atoms with Crippen molar-refractivity contribution in [3.63, 3.8) is 0 Å². The summed E-state index contributed by atoms with van der Waals surface area (Å²) >= 11 is 1.44. The number of benzene rings is 2. The minimum Gasteiger partial charge on any atom is -0.349 e. The first-order valence-corrected chi connectivity index (χ1v) is 13.2. The van der Waals surface area contributed by atoms with Crippen LogP contribution < -0.4 is 16.2 Å². The van der Waals surface area contributed by atoms with E-state index in [-0.39, 0.29) is 29.8 Å². The summed E-state index contributed by atoms with van der Waals surface area (Å²) in [5.41, 5.74) is 5.13. The van der Waals surface area contributed by atoms with Crippen LogP contribution in [0.4, 0.5) is 20.5 Å². The van der Waals surface area contributed by atoms with Gasteiger partial charge in [0.1, 0.15) is 17.2 Å². The van der Waals surface area contributed by atoms with Crippen molar-refractivity contribution in [2.45, 2.75) is 44.8 Å². The molecule has 0 amide bonds. The van der Waals surface area contributed by atoms with Gasteiger partial charge >= 0.3 is 0 Å². The van der Waals surface area contributed by atoms with Crippen LogP contribution in [0.15, 0.2) is 48.5 Å². The Bertz CT molecular complexity index is 1410. The first kappa shape index (κ1) is 25.9. The summed E-state index contributed by atoms with van der Waals surface area (Å²) < 4.78 is 27.5. The van der Waals surface area contributed by atoms with E-state index in [2.05, 4.69) is 45.1 Å². The fourth-order valence-corrected chi connectivity index (χ4v) is 5.99. The van der Waals surface area contributed by atoms with Gasteiger partial charge in [-0.15, -0.1) is 0 Å². The molecule has 4 aromatic rings. The number of rotatable bonds is 7. The molecule has 11 heteroatoms. The molecule has 196 valence electrons. The number of fused-ring (bicyclic) bond motifs is 1. The van der Waals surface area contributed by atoms with Crippen LogP contribution in [0.2, 0.25) is 0 Å². The SMILES string of the molecule is C[C@@H]1CN(c2nc(NN)nc3sc(CCC#N)nc23)[C@@H](C)CN1C(c1ccc(F)cc1)c1ccc(F)cc1. The van der Waals surface area contributed by atoms with Crippen LogP contribution in [-0.4, -0.2) is 45.0 Å². The number of aryl methyl sites for hydroxylation is 1. The third-order valence-electron chi connectivity index (χ3n) is 6.87. The Kier molecular flexibility index (Phi) is 7.46. The Hall–Kier alpha value is -3.72. The molecule has 1 fully saturated rings. The molecule has 0 unspecified atom stereocenters. The first-order valence-electron chi connectivity index (χ1n) is 12.4. The lowest BCUT2D eigenvalue weighted by atomic mass is 9.93. The Morgan fingerprint density at radius 1 is 1.00 bits per heavy atom.